The van der Waals surface area contributed by atoms with Crippen LogP contribution in [0.15, 0.2) is 29.4 Å². The number of amidine groups is 1. The van der Waals surface area contributed by atoms with E-state index in [1.807, 2.05) is 6.07 Å². The molecular formula is C20H16F5N5O. The summed E-state index contributed by atoms with van der Waals surface area (Å²) in [6, 6.07) is 4.50. The minimum absolute atomic E-state index is 0.129. The van der Waals surface area contributed by atoms with Crippen LogP contribution in [0.3, 0.4) is 0 Å². The molecule has 0 unspecified atom stereocenters. The Morgan fingerprint density at radius 3 is 2.65 bits per heavy atom. The first-order chi connectivity index (χ1) is 14.5. The highest BCUT2D eigenvalue weighted by Crippen LogP contribution is 2.48. The average molecular weight is 437 g/mol. The Bertz CT molecular complexity index is 1130. The highest BCUT2D eigenvalue weighted by atomic mass is 19.3. The molecule has 0 spiro atoms. The van der Waals surface area contributed by atoms with Gasteiger partial charge in [-0.1, -0.05) is 0 Å². The maximum absolute atomic E-state index is 14.7. The van der Waals surface area contributed by atoms with Crippen LogP contribution in [0.5, 0.6) is 0 Å². The van der Waals surface area contributed by atoms with Crippen molar-refractivity contribution in [3.05, 3.63) is 58.4 Å². The van der Waals surface area contributed by atoms with E-state index in [0.29, 0.717) is 17.7 Å². The average Bonchev–Trinajstić information content (AvgIpc) is 2.72. The van der Waals surface area contributed by atoms with Gasteiger partial charge in [0.1, 0.15) is 18.4 Å². The summed E-state index contributed by atoms with van der Waals surface area (Å²) in [6.07, 6.45) is -0.103. The second-order valence-electron chi connectivity index (χ2n) is 7.08. The smallest absolute Gasteiger partial charge is 0.280 e. The highest BCUT2D eigenvalue weighted by Gasteiger charge is 2.58. The lowest BCUT2D eigenvalue weighted by molar-refractivity contribution is -0.0960. The number of halogens is 5. The number of benzene rings is 1. The van der Waals surface area contributed by atoms with Gasteiger partial charge in [-0.2, -0.15) is 5.26 Å². The fourth-order valence-electron chi connectivity index (χ4n) is 3.36. The Kier molecular flexibility index (Phi) is 5.67. The van der Waals surface area contributed by atoms with Crippen LogP contribution in [0.2, 0.25) is 0 Å². The van der Waals surface area contributed by atoms with Crippen LogP contribution < -0.4 is 11.1 Å². The van der Waals surface area contributed by atoms with E-state index in [4.69, 9.17) is 11.0 Å². The molecule has 2 heterocycles. The molecule has 31 heavy (non-hydrogen) atoms. The third kappa shape index (κ3) is 3.81. The van der Waals surface area contributed by atoms with Crippen molar-refractivity contribution in [3.63, 3.8) is 0 Å². The molecule has 11 heteroatoms. The van der Waals surface area contributed by atoms with Crippen LogP contribution in [-0.2, 0) is 5.54 Å². The standard InChI is InChI=1S/C20H16F5N5O/c1-10-4-11(7-26)8-28-17(10)18(31)29-12-5-13(16(23)14(22)6-12)19(9-21)20(24,25)3-2-15(27)30-19/h4-6,8H,2-3,9H2,1H3,(H2,27,30)(H,29,31)/t19-/m1/s1. The van der Waals surface area contributed by atoms with Crippen LogP contribution in [0.1, 0.15) is 40.0 Å². The maximum Gasteiger partial charge on any atom is 0.280 e. The molecule has 0 radical (unpaired) electrons. The normalized spacial score (nSPS) is 20.0. The summed E-state index contributed by atoms with van der Waals surface area (Å²) in [5.74, 6) is -8.35. The fraction of sp³-hybridized carbons (Fsp3) is 0.300. The lowest BCUT2D eigenvalue weighted by atomic mass is 9.80. The van der Waals surface area contributed by atoms with Gasteiger partial charge < -0.3 is 11.1 Å². The highest BCUT2D eigenvalue weighted by molar-refractivity contribution is 6.04. The molecule has 0 fully saturated rings. The lowest BCUT2D eigenvalue weighted by Gasteiger charge is -2.39. The van der Waals surface area contributed by atoms with Crippen LogP contribution in [0.4, 0.5) is 27.6 Å². The molecule has 0 saturated carbocycles. The van der Waals surface area contributed by atoms with Crippen molar-refractivity contribution in [3.8, 4) is 6.07 Å². The molecular weight excluding hydrogens is 421 g/mol. The second kappa shape index (κ2) is 7.94. The second-order valence-corrected chi connectivity index (χ2v) is 7.08. The summed E-state index contributed by atoms with van der Waals surface area (Å²) in [7, 11) is 0. The molecule has 3 rings (SSSR count). The van der Waals surface area contributed by atoms with Crippen molar-refractivity contribution in [1.82, 2.24) is 4.98 Å². The number of amides is 1. The number of carbonyl (C=O) groups excluding carboxylic acids is 1. The number of aliphatic imine (C=N–C) groups is 1. The molecule has 1 amide bonds. The minimum Gasteiger partial charge on any atom is -0.387 e. The molecule has 1 aromatic heterocycles. The van der Waals surface area contributed by atoms with Gasteiger partial charge in [-0.3, -0.25) is 9.79 Å². The summed E-state index contributed by atoms with van der Waals surface area (Å²) in [5.41, 5.74) is 1.34. The molecule has 3 N–H and O–H groups in total. The van der Waals surface area contributed by atoms with E-state index in [0.717, 1.165) is 6.20 Å². The monoisotopic (exact) mass is 437 g/mol. The van der Waals surface area contributed by atoms with Crippen LogP contribution in [0.25, 0.3) is 0 Å². The number of nitrogens with two attached hydrogens (primary N) is 1. The number of hydrogen-bond acceptors (Lipinski definition) is 5. The van der Waals surface area contributed by atoms with Crippen LogP contribution in [0, 0.1) is 29.9 Å². The van der Waals surface area contributed by atoms with E-state index in [-0.39, 0.29) is 23.5 Å². The van der Waals surface area contributed by atoms with E-state index in [2.05, 4.69) is 15.3 Å². The number of nitrogens with one attached hydrogen (secondary N) is 1. The fourth-order valence-corrected chi connectivity index (χ4v) is 3.36. The van der Waals surface area contributed by atoms with Gasteiger partial charge in [0.05, 0.1) is 11.4 Å². The van der Waals surface area contributed by atoms with Crippen LogP contribution in [-0.4, -0.2) is 29.3 Å². The summed E-state index contributed by atoms with van der Waals surface area (Å²) in [6.45, 7) is -0.345. The van der Waals surface area contributed by atoms with Crippen molar-refractivity contribution in [2.45, 2.75) is 31.2 Å². The number of nitrogens with zero attached hydrogens (tertiary/aromatic N) is 3. The predicted molar refractivity (Wildman–Crippen MR) is 101 cm³/mol. The van der Waals surface area contributed by atoms with Gasteiger partial charge in [0, 0.05) is 36.4 Å². The molecule has 1 aliphatic heterocycles. The summed E-state index contributed by atoms with van der Waals surface area (Å²) in [5, 5.41) is 11.1. The van der Waals surface area contributed by atoms with Crippen LogP contribution >= 0.6 is 0 Å². The molecule has 1 atom stereocenters. The molecule has 162 valence electrons. The number of rotatable bonds is 4. The van der Waals surface area contributed by atoms with Gasteiger partial charge in [0.25, 0.3) is 11.8 Å². The first kappa shape index (κ1) is 22.1. The van der Waals surface area contributed by atoms with Crippen molar-refractivity contribution in [2.75, 3.05) is 12.0 Å². The van der Waals surface area contributed by atoms with E-state index >= 15 is 0 Å². The topological polar surface area (TPSA) is 104 Å². The Balaban J connectivity index is 2.07. The lowest BCUT2D eigenvalue weighted by Crippen LogP contribution is -2.51. The summed E-state index contributed by atoms with van der Waals surface area (Å²) in [4.78, 5) is 19.8. The molecule has 2 aromatic rings. The first-order valence-corrected chi connectivity index (χ1v) is 9.00. The quantitative estimate of drug-likeness (QED) is 0.711. The zero-order valence-corrected chi connectivity index (χ0v) is 16.1. The minimum atomic E-state index is -3.86. The number of pyridine rings is 1. The Morgan fingerprint density at radius 2 is 2.03 bits per heavy atom. The third-order valence-corrected chi connectivity index (χ3v) is 4.98. The molecule has 1 aliphatic rings. The van der Waals surface area contributed by atoms with Gasteiger partial charge >= 0.3 is 0 Å². The Morgan fingerprint density at radius 1 is 1.32 bits per heavy atom. The van der Waals surface area contributed by atoms with Gasteiger partial charge in [0.2, 0.25) is 0 Å². The zero-order chi connectivity index (χ0) is 23.0. The Hall–Kier alpha value is -3.55. The molecule has 1 aromatic carbocycles. The van der Waals surface area contributed by atoms with E-state index in [1.54, 1.807) is 0 Å². The largest absolute Gasteiger partial charge is 0.387 e. The predicted octanol–water partition coefficient (Wildman–Crippen LogP) is 3.74. The molecule has 0 saturated heterocycles. The van der Waals surface area contributed by atoms with Crippen molar-refractivity contribution < 1.29 is 26.7 Å². The number of nitriles is 1. The van der Waals surface area contributed by atoms with Crippen molar-refractivity contribution in [2.24, 2.45) is 10.7 Å². The Labute approximate surface area is 173 Å². The SMILES string of the molecule is Cc1cc(C#N)cnc1C(=O)Nc1cc(F)c(F)c([C@@]2(CF)N=C(N)CCC2(F)F)c1. The molecule has 6 nitrogen and oxygen atoms in total. The molecule has 0 bridgehead atoms. The van der Waals surface area contributed by atoms with Gasteiger partial charge in [0.15, 0.2) is 17.2 Å². The zero-order valence-electron chi connectivity index (χ0n) is 16.1. The number of anilines is 1. The number of alkyl halides is 3. The number of carbonyl (C=O) groups is 1. The van der Waals surface area contributed by atoms with Crippen molar-refractivity contribution >= 4 is 17.4 Å². The van der Waals surface area contributed by atoms with Gasteiger partial charge in [-0.25, -0.2) is 26.9 Å². The number of aryl methyl sites for hydroxylation is 1. The number of aromatic nitrogens is 1. The van der Waals surface area contributed by atoms with E-state index in [9.17, 15) is 26.7 Å². The summed E-state index contributed by atoms with van der Waals surface area (Å²) >= 11 is 0. The van der Waals surface area contributed by atoms with E-state index in [1.165, 1.54) is 13.0 Å². The third-order valence-electron chi connectivity index (χ3n) is 4.98. The molecule has 0 aliphatic carbocycles. The van der Waals surface area contributed by atoms with Crippen molar-refractivity contribution in [1.29, 1.82) is 5.26 Å². The van der Waals surface area contributed by atoms with E-state index < -0.39 is 53.3 Å². The van der Waals surface area contributed by atoms with Gasteiger partial charge in [-0.15, -0.1) is 0 Å². The van der Waals surface area contributed by atoms with Gasteiger partial charge in [-0.05, 0) is 24.6 Å². The maximum atomic E-state index is 14.7. The first-order valence-electron chi connectivity index (χ1n) is 9.00. The number of hydrogen-bond donors (Lipinski definition) is 2. The summed E-state index contributed by atoms with van der Waals surface area (Å²) < 4.78 is 72.0.